The molecule has 7 nitrogen and oxygen atoms in total. The zero-order valence-electron chi connectivity index (χ0n) is 25.1. The lowest BCUT2D eigenvalue weighted by atomic mass is 9.86. The number of ether oxygens (including phenoxy) is 5. The van der Waals surface area contributed by atoms with Gasteiger partial charge in [-0.3, -0.25) is 9.80 Å². The van der Waals surface area contributed by atoms with Crippen molar-refractivity contribution in [3.63, 3.8) is 0 Å². The van der Waals surface area contributed by atoms with Gasteiger partial charge in [0.05, 0.1) is 14.2 Å². The van der Waals surface area contributed by atoms with Crippen LogP contribution in [0.5, 0.6) is 46.0 Å². The van der Waals surface area contributed by atoms with Crippen molar-refractivity contribution in [2.24, 2.45) is 0 Å². The van der Waals surface area contributed by atoms with Crippen LogP contribution in [0.4, 0.5) is 0 Å². The fraction of sp³-hybridized carbons (Fsp3) is 0.333. The van der Waals surface area contributed by atoms with Gasteiger partial charge in [-0.15, -0.1) is 0 Å². The molecule has 0 aliphatic carbocycles. The Hall–Kier alpha value is -4.20. The monoisotopic (exact) mass is 576 g/mol. The van der Waals surface area contributed by atoms with E-state index in [0.717, 1.165) is 67.3 Å². The fourth-order valence-electron chi connectivity index (χ4n) is 7.26. The first-order valence-electron chi connectivity index (χ1n) is 15.1. The van der Waals surface area contributed by atoms with Gasteiger partial charge < -0.3 is 23.7 Å². The van der Waals surface area contributed by atoms with E-state index in [1.165, 1.54) is 27.8 Å². The molecule has 5 aliphatic rings. The smallest absolute Gasteiger partial charge is 0.212 e. The first-order chi connectivity index (χ1) is 21.0. The minimum atomic E-state index is 0.0968. The number of benzene rings is 4. The van der Waals surface area contributed by atoms with Gasteiger partial charge in [-0.05, 0) is 98.4 Å². The maximum absolute atomic E-state index is 7.12. The minimum absolute atomic E-state index is 0.0968. The average molecular weight is 577 g/mol. The number of hydrogen-bond acceptors (Lipinski definition) is 7. The molecule has 220 valence electrons. The Morgan fingerprint density at radius 2 is 1.28 bits per heavy atom. The first-order valence-corrected chi connectivity index (χ1v) is 15.1. The summed E-state index contributed by atoms with van der Waals surface area (Å²) in [6.45, 7) is 1.92. The van der Waals surface area contributed by atoms with Gasteiger partial charge in [0.25, 0.3) is 0 Å². The van der Waals surface area contributed by atoms with Gasteiger partial charge in [-0.25, -0.2) is 0 Å². The Morgan fingerprint density at radius 3 is 2.02 bits per heavy atom. The number of hydrogen-bond donors (Lipinski definition) is 0. The molecule has 2 atom stereocenters. The Morgan fingerprint density at radius 1 is 0.605 bits per heavy atom. The summed E-state index contributed by atoms with van der Waals surface area (Å²) in [7, 11) is 7.80. The van der Waals surface area contributed by atoms with Crippen molar-refractivity contribution in [1.29, 1.82) is 0 Å². The third kappa shape index (κ3) is 4.33. The molecule has 2 unspecified atom stereocenters. The summed E-state index contributed by atoms with van der Waals surface area (Å²) in [4.78, 5) is 4.86. The predicted molar refractivity (Wildman–Crippen MR) is 165 cm³/mol. The van der Waals surface area contributed by atoms with Gasteiger partial charge in [-0.2, -0.15) is 0 Å². The summed E-state index contributed by atoms with van der Waals surface area (Å²) in [5, 5.41) is 0. The highest BCUT2D eigenvalue weighted by Crippen LogP contribution is 2.58. The van der Waals surface area contributed by atoms with Crippen LogP contribution in [0.1, 0.15) is 45.5 Å². The van der Waals surface area contributed by atoms with Crippen LogP contribution in [-0.2, 0) is 25.7 Å². The Balaban J connectivity index is 1.36. The summed E-state index contributed by atoms with van der Waals surface area (Å²) in [5.74, 6) is 5.94. The van der Waals surface area contributed by atoms with E-state index >= 15 is 0 Å². The highest BCUT2D eigenvalue weighted by Gasteiger charge is 2.39. The maximum Gasteiger partial charge on any atom is 0.212 e. The van der Waals surface area contributed by atoms with Crippen molar-refractivity contribution in [3.8, 4) is 46.0 Å². The molecule has 0 saturated carbocycles. The molecule has 0 radical (unpaired) electrons. The standard InChI is InChI=1S/C36H36N2O5/c1-37-15-13-23-8-12-29-34-32(23)27(37)18-22-7-11-28(39-3)30(19-22)41-25-9-5-21(6-10-25)17-26-33-24(14-16-38(26)2)20-31(40-4)35(42-29)36(33)43-34/h5-12,19-20,26-27H,13-18H2,1-4H3. The topological polar surface area (TPSA) is 52.6 Å². The highest BCUT2D eigenvalue weighted by atomic mass is 16.6. The van der Waals surface area contributed by atoms with E-state index in [4.69, 9.17) is 23.7 Å². The molecule has 7 heteroatoms. The molecule has 9 rings (SSSR count). The average Bonchev–Trinajstić information content (AvgIpc) is 3.03. The Kier molecular flexibility index (Phi) is 6.28. The van der Waals surface area contributed by atoms with Gasteiger partial charge in [0, 0.05) is 36.3 Å². The second-order valence-corrected chi connectivity index (χ2v) is 12.1. The summed E-state index contributed by atoms with van der Waals surface area (Å²) in [6, 6.07) is 21.3. The van der Waals surface area contributed by atoms with Gasteiger partial charge in [0.2, 0.25) is 5.75 Å². The zero-order chi connectivity index (χ0) is 29.2. The van der Waals surface area contributed by atoms with Crippen LogP contribution in [0.2, 0.25) is 0 Å². The third-order valence-corrected chi connectivity index (χ3v) is 9.65. The molecule has 4 aromatic carbocycles. The molecule has 5 heterocycles. The SMILES string of the molecule is COc1ccc2cc1Oc1ccc(cc1)CC1c3c(cc(OC)c4c3Oc3c(ccc5c3C(C2)N(C)CC5)O4)CCN1C. The lowest BCUT2D eigenvalue weighted by Gasteiger charge is -2.40. The van der Waals surface area contributed by atoms with Crippen molar-refractivity contribution in [2.45, 2.75) is 37.8 Å². The molecule has 0 aromatic heterocycles. The van der Waals surface area contributed by atoms with Crippen molar-refractivity contribution in [1.82, 2.24) is 9.80 Å². The van der Waals surface area contributed by atoms with Crippen LogP contribution < -0.4 is 23.7 Å². The molecule has 6 bridgehead atoms. The van der Waals surface area contributed by atoms with E-state index in [0.29, 0.717) is 23.0 Å². The maximum atomic E-state index is 7.12. The molecule has 5 aliphatic heterocycles. The van der Waals surface area contributed by atoms with Crippen molar-refractivity contribution >= 4 is 0 Å². The summed E-state index contributed by atoms with van der Waals surface area (Å²) >= 11 is 0. The molecule has 0 amide bonds. The molecule has 0 saturated heterocycles. The highest BCUT2D eigenvalue weighted by molar-refractivity contribution is 5.69. The molecular weight excluding hydrogens is 540 g/mol. The molecule has 0 spiro atoms. The van der Waals surface area contributed by atoms with Crippen LogP contribution in [0, 0.1) is 0 Å². The van der Waals surface area contributed by atoms with Crippen LogP contribution >= 0.6 is 0 Å². The second-order valence-electron chi connectivity index (χ2n) is 12.1. The lowest BCUT2D eigenvalue weighted by Crippen LogP contribution is -2.35. The van der Waals surface area contributed by atoms with Gasteiger partial charge in [0.1, 0.15) is 5.75 Å². The minimum Gasteiger partial charge on any atom is -0.493 e. The van der Waals surface area contributed by atoms with E-state index in [2.05, 4.69) is 78.5 Å². The van der Waals surface area contributed by atoms with Crippen LogP contribution in [0.3, 0.4) is 0 Å². The second kappa shape index (κ2) is 10.2. The van der Waals surface area contributed by atoms with Crippen molar-refractivity contribution in [2.75, 3.05) is 41.4 Å². The van der Waals surface area contributed by atoms with E-state index in [1.807, 2.05) is 6.07 Å². The molecule has 0 N–H and O–H groups in total. The third-order valence-electron chi connectivity index (χ3n) is 9.65. The number of nitrogens with zero attached hydrogens (tertiary/aromatic N) is 2. The Bertz CT molecular complexity index is 1730. The van der Waals surface area contributed by atoms with E-state index in [1.54, 1.807) is 14.2 Å². The van der Waals surface area contributed by atoms with Gasteiger partial charge in [-0.1, -0.05) is 24.3 Å². The van der Waals surface area contributed by atoms with E-state index in [-0.39, 0.29) is 12.1 Å². The van der Waals surface area contributed by atoms with Crippen LogP contribution in [0.25, 0.3) is 0 Å². The van der Waals surface area contributed by atoms with Crippen LogP contribution in [-0.4, -0.2) is 51.2 Å². The van der Waals surface area contributed by atoms with Crippen molar-refractivity contribution in [3.05, 3.63) is 94.0 Å². The normalized spacial score (nSPS) is 20.4. The quantitative estimate of drug-likeness (QED) is 0.219. The summed E-state index contributed by atoms with van der Waals surface area (Å²) < 4.78 is 31.9. The zero-order valence-corrected chi connectivity index (χ0v) is 25.1. The van der Waals surface area contributed by atoms with E-state index in [9.17, 15) is 0 Å². The van der Waals surface area contributed by atoms with Crippen molar-refractivity contribution < 1.29 is 23.7 Å². The molecular formula is C36H36N2O5. The summed E-state index contributed by atoms with van der Waals surface area (Å²) in [6.07, 6.45) is 3.50. The Labute approximate surface area is 252 Å². The summed E-state index contributed by atoms with van der Waals surface area (Å²) in [5.41, 5.74) is 7.34. The number of rotatable bonds is 2. The number of fused-ring (bicyclic) bond motifs is 2. The molecule has 4 aromatic rings. The molecule has 0 fully saturated rings. The van der Waals surface area contributed by atoms with Crippen LogP contribution in [0.15, 0.2) is 60.7 Å². The number of methoxy groups -OCH3 is 2. The van der Waals surface area contributed by atoms with Gasteiger partial charge >= 0.3 is 0 Å². The predicted octanol–water partition coefficient (Wildman–Crippen LogP) is 7.25. The molecule has 43 heavy (non-hydrogen) atoms. The first kappa shape index (κ1) is 26.4. The lowest BCUT2D eigenvalue weighted by molar-refractivity contribution is 0.212. The number of likely N-dealkylation sites (N-methyl/N-ethyl adjacent to an activating group) is 2. The van der Waals surface area contributed by atoms with E-state index < -0.39 is 0 Å². The van der Waals surface area contributed by atoms with Gasteiger partial charge in [0.15, 0.2) is 34.5 Å². The largest absolute Gasteiger partial charge is 0.493 e. The fourth-order valence-corrected chi connectivity index (χ4v) is 7.26.